The number of fused-ring (bicyclic) bond motifs is 4. The predicted molar refractivity (Wildman–Crippen MR) is 128 cm³/mol. The van der Waals surface area contributed by atoms with Crippen molar-refractivity contribution < 1.29 is 14.3 Å². The molecule has 0 aliphatic heterocycles. The molecule has 4 nitrogen and oxygen atoms in total. The Balaban J connectivity index is 1.76. The minimum absolute atomic E-state index is 0.296. The Kier molecular flexibility index (Phi) is 4.51. The van der Waals surface area contributed by atoms with E-state index in [2.05, 4.69) is 60.7 Å². The molecule has 33 heavy (non-hydrogen) atoms. The Hall–Kier alpha value is -3.66. The number of hydrogen-bond acceptors (Lipinski definition) is 4. The second-order valence-corrected chi connectivity index (χ2v) is 8.90. The monoisotopic (exact) mass is 435 g/mol. The van der Waals surface area contributed by atoms with Crippen molar-refractivity contribution >= 4 is 16.7 Å². The highest BCUT2D eigenvalue weighted by atomic mass is 16.5. The summed E-state index contributed by atoms with van der Waals surface area (Å²) in [6.07, 6.45) is 1.89. The minimum Gasteiger partial charge on any atom is -0.497 e. The van der Waals surface area contributed by atoms with E-state index in [-0.39, 0.29) is 0 Å². The van der Waals surface area contributed by atoms with Gasteiger partial charge in [-0.25, -0.2) is 9.78 Å². The first-order chi connectivity index (χ1) is 16.2. The highest BCUT2D eigenvalue weighted by Gasteiger charge is 2.53. The fourth-order valence-electron chi connectivity index (χ4n) is 6.09. The van der Waals surface area contributed by atoms with Crippen molar-refractivity contribution in [2.75, 3.05) is 13.7 Å². The lowest BCUT2D eigenvalue weighted by Gasteiger charge is -2.41. The van der Waals surface area contributed by atoms with Gasteiger partial charge in [-0.3, -0.25) is 0 Å². The van der Waals surface area contributed by atoms with E-state index in [1.807, 2.05) is 19.1 Å². The summed E-state index contributed by atoms with van der Waals surface area (Å²) in [7, 11) is 1.69. The molecular weight excluding hydrogens is 410 g/mol. The summed E-state index contributed by atoms with van der Waals surface area (Å²) in [5, 5.41) is 2.09. The largest absolute Gasteiger partial charge is 0.497 e. The number of hydrogen-bond donors (Lipinski definition) is 0. The van der Waals surface area contributed by atoms with Crippen LogP contribution in [0.2, 0.25) is 0 Å². The fraction of sp³-hybridized carbons (Fsp3) is 0.241. The maximum atomic E-state index is 12.9. The van der Waals surface area contributed by atoms with E-state index in [4.69, 9.17) is 14.5 Å². The Morgan fingerprint density at radius 3 is 2.55 bits per heavy atom. The first-order valence-electron chi connectivity index (χ1n) is 11.5. The number of benzene rings is 3. The highest BCUT2D eigenvalue weighted by Crippen LogP contribution is 2.57. The second-order valence-electron chi connectivity index (χ2n) is 8.90. The van der Waals surface area contributed by atoms with Crippen LogP contribution in [0.5, 0.6) is 5.75 Å². The zero-order valence-electron chi connectivity index (χ0n) is 18.8. The van der Waals surface area contributed by atoms with Crippen molar-refractivity contribution in [3.05, 3.63) is 106 Å². The SMILES string of the molecule is CCOC(=O)c1cc2cc(OC)cc3c2c(n1)[C@@]1(c2ccccc2)c2ccccc2C[C@H]1C3. The third kappa shape index (κ3) is 2.76. The van der Waals surface area contributed by atoms with E-state index < -0.39 is 11.4 Å². The summed E-state index contributed by atoms with van der Waals surface area (Å²) in [5.74, 6) is 0.703. The van der Waals surface area contributed by atoms with Gasteiger partial charge in [0.05, 0.1) is 24.8 Å². The lowest BCUT2D eigenvalue weighted by atomic mass is 9.61. The van der Waals surface area contributed by atoms with Gasteiger partial charge in [0.2, 0.25) is 0 Å². The normalized spacial score (nSPS) is 20.2. The molecule has 3 aromatic carbocycles. The number of aromatic nitrogens is 1. The molecule has 0 amide bonds. The van der Waals surface area contributed by atoms with Gasteiger partial charge in [-0.15, -0.1) is 0 Å². The molecule has 0 spiro atoms. The molecule has 6 rings (SSSR count). The van der Waals surface area contributed by atoms with Crippen LogP contribution in [0.25, 0.3) is 10.8 Å². The summed E-state index contributed by atoms with van der Waals surface area (Å²) in [5.41, 5.74) is 5.97. The molecule has 1 aromatic heterocycles. The fourth-order valence-corrected chi connectivity index (χ4v) is 6.09. The van der Waals surface area contributed by atoms with Crippen LogP contribution in [-0.2, 0) is 23.0 Å². The predicted octanol–water partition coefficient (Wildman–Crippen LogP) is 5.48. The van der Waals surface area contributed by atoms with Gasteiger partial charge >= 0.3 is 5.97 Å². The molecule has 2 aliphatic carbocycles. The zero-order chi connectivity index (χ0) is 22.6. The van der Waals surface area contributed by atoms with Crippen molar-refractivity contribution in [2.45, 2.75) is 25.2 Å². The lowest BCUT2D eigenvalue weighted by Crippen LogP contribution is -2.40. The van der Waals surface area contributed by atoms with Crippen molar-refractivity contribution in [1.29, 1.82) is 0 Å². The Bertz CT molecular complexity index is 1400. The summed E-state index contributed by atoms with van der Waals surface area (Å²) in [6, 6.07) is 25.3. The molecule has 0 unspecified atom stereocenters. The number of carbonyl (C=O) groups excluding carboxylic acids is 1. The first-order valence-corrected chi connectivity index (χ1v) is 11.5. The van der Waals surface area contributed by atoms with Crippen LogP contribution < -0.4 is 4.74 Å². The van der Waals surface area contributed by atoms with E-state index in [0.29, 0.717) is 18.2 Å². The Morgan fingerprint density at radius 2 is 1.76 bits per heavy atom. The number of pyridine rings is 1. The van der Waals surface area contributed by atoms with E-state index in [0.717, 1.165) is 35.1 Å². The molecule has 0 radical (unpaired) electrons. The van der Waals surface area contributed by atoms with Crippen LogP contribution in [0, 0.1) is 5.92 Å². The average Bonchev–Trinajstić information content (AvgIpc) is 3.19. The highest BCUT2D eigenvalue weighted by molar-refractivity contribution is 5.98. The first kappa shape index (κ1) is 20.0. The Morgan fingerprint density at radius 1 is 1.00 bits per heavy atom. The maximum Gasteiger partial charge on any atom is 0.356 e. The topological polar surface area (TPSA) is 48.4 Å². The molecule has 2 aliphatic rings. The molecule has 0 saturated heterocycles. The van der Waals surface area contributed by atoms with Crippen molar-refractivity contribution in [2.24, 2.45) is 5.92 Å². The smallest absolute Gasteiger partial charge is 0.356 e. The minimum atomic E-state index is -0.416. The molecule has 0 fully saturated rings. The van der Waals surface area contributed by atoms with Gasteiger partial charge in [-0.1, -0.05) is 54.6 Å². The van der Waals surface area contributed by atoms with Crippen molar-refractivity contribution in [1.82, 2.24) is 4.98 Å². The molecule has 0 bridgehead atoms. The third-order valence-corrected chi connectivity index (χ3v) is 7.30. The number of nitrogens with zero attached hydrogens (tertiary/aromatic N) is 1. The molecule has 164 valence electrons. The third-order valence-electron chi connectivity index (χ3n) is 7.30. The number of carbonyl (C=O) groups is 1. The summed E-state index contributed by atoms with van der Waals surface area (Å²) in [6.45, 7) is 2.13. The molecule has 1 heterocycles. The molecule has 0 saturated carbocycles. The van der Waals surface area contributed by atoms with Crippen molar-refractivity contribution in [3.8, 4) is 5.75 Å². The van der Waals surface area contributed by atoms with E-state index >= 15 is 0 Å². The van der Waals surface area contributed by atoms with Gasteiger partial charge < -0.3 is 9.47 Å². The standard InChI is InChI=1S/C29H25NO3/c1-3-33-28(31)25-17-20-16-23(32-2)15-19-14-22-13-18-9-7-8-12-24(18)29(22,27(30-25)26(19)20)21-10-5-4-6-11-21/h4-12,15-17,22H,3,13-14H2,1-2H3/t22-,29+/m0/s1. The quantitative estimate of drug-likeness (QED) is 0.398. The van der Waals surface area contributed by atoms with Crippen LogP contribution in [0.4, 0.5) is 0 Å². The van der Waals surface area contributed by atoms with Gasteiger partial charge in [0, 0.05) is 5.39 Å². The molecule has 4 aromatic rings. The van der Waals surface area contributed by atoms with Crippen LogP contribution >= 0.6 is 0 Å². The Labute approximate surface area is 193 Å². The van der Waals surface area contributed by atoms with Gasteiger partial charge in [0.15, 0.2) is 0 Å². The summed E-state index contributed by atoms with van der Waals surface area (Å²) < 4.78 is 11.0. The van der Waals surface area contributed by atoms with E-state index in [9.17, 15) is 4.79 Å². The number of rotatable bonds is 4. The molecular formula is C29H25NO3. The van der Waals surface area contributed by atoms with Gasteiger partial charge in [-0.05, 0) is 71.5 Å². The van der Waals surface area contributed by atoms with Crippen LogP contribution in [-0.4, -0.2) is 24.7 Å². The average molecular weight is 436 g/mol. The van der Waals surface area contributed by atoms with Crippen LogP contribution in [0.3, 0.4) is 0 Å². The van der Waals surface area contributed by atoms with Gasteiger partial charge in [0.1, 0.15) is 11.4 Å². The van der Waals surface area contributed by atoms with Crippen LogP contribution in [0.15, 0.2) is 72.8 Å². The molecule has 4 heteroatoms. The number of methoxy groups -OCH3 is 1. The summed E-state index contributed by atoms with van der Waals surface area (Å²) >= 11 is 0. The molecule has 2 atom stereocenters. The van der Waals surface area contributed by atoms with Crippen molar-refractivity contribution in [3.63, 3.8) is 0 Å². The summed E-state index contributed by atoms with van der Waals surface area (Å²) in [4.78, 5) is 18.0. The second kappa shape index (κ2) is 7.45. The number of esters is 1. The van der Waals surface area contributed by atoms with E-state index in [1.165, 1.54) is 22.3 Å². The number of ether oxygens (including phenoxy) is 2. The zero-order valence-corrected chi connectivity index (χ0v) is 18.8. The van der Waals surface area contributed by atoms with Gasteiger partial charge in [-0.2, -0.15) is 0 Å². The van der Waals surface area contributed by atoms with E-state index in [1.54, 1.807) is 7.11 Å². The van der Waals surface area contributed by atoms with Gasteiger partial charge in [0.25, 0.3) is 0 Å². The van der Waals surface area contributed by atoms with Crippen LogP contribution in [0.1, 0.15) is 45.4 Å². The molecule has 0 N–H and O–H groups in total. The maximum absolute atomic E-state index is 12.9. The lowest BCUT2D eigenvalue weighted by molar-refractivity contribution is 0.0519.